The highest BCUT2D eigenvalue weighted by Gasteiger charge is 2.50. The second-order valence-corrected chi connectivity index (χ2v) is 13.4. The first kappa shape index (κ1) is 22.4. The maximum atomic E-state index is 12.9. The Morgan fingerprint density at radius 2 is 1.96 bits per heavy atom. The van der Waals surface area contributed by atoms with E-state index in [1.807, 2.05) is 13.8 Å². The molecule has 0 saturated carbocycles. The first-order valence-corrected chi connectivity index (χ1v) is 12.5. The molecule has 3 amide bonds. The van der Waals surface area contributed by atoms with Crippen molar-refractivity contribution >= 4 is 65.6 Å². The van der Waals surface area contributed by atoms with Gasteiger partial charge in [0.1, 0.15) is 16.3 Å². The summed E-state index contributed by atoms with van der Waals surface area (Å²) in [4.78, 5) is 39.2. The molecule has 0 spiro atoms. The fourth-order valence-corrected chi connectivity index (χ4v) is 7.69. The van der Waals surface area contributed by atoms with E-state index in [0.29, 0.717) is 6.42 Å². The Kier molecular flexibility index (Phi) is 8.21. The van der Waals surface area contributed by atoms with Crippen molar-refractivity contribution in [1.29, 1.82) is 0 Å². The highest BCUT2D eigenvalue weighted by Crippen LogP contribution is 2.29. The summed E-state index contributed by atoms with van der Waals surface area (Å²) in [6.07, 6.45) is 1.44. The van der Waals surface area contributed by atoms with Crippen molar-refractivity contribution in [3.63, 3.8) is 0 Å². The molecule has 10 heteroatoms. The van der Waals surface area contributed by atoms with Crippen LogP contribution in [0.2, 0.25) is 4.28 Å². The van der Waals surface area contributed by atoms with Crippen LogP contribution in [0.5, 0.6) is 0 Å². The fraction of sp³-hybridized carbons (Fsp3) is 0.786. The molecule has 134 valence electrons. The predicted molar refractivity (Wildman–Crippen MR) is 105 cm³/mol. The number of imide groups is 1. The molecule has 1 aliphatic rings. The Bertz CT molecular complexity index is 516. The van der Waals surface area contributed by atoms with Crippen molar-refractivity contribution in [3.05, 3.63) is 0 Å². The number of carbonyl (C=O) groups excluding carboxylic acids is 3. The van der Waals surface area contributed by atoms with Gasteiger partial charge in [0.2, 0.25) is 0 Å². The smallest absolute Gasteiger partial charge is 0.387 e. The first-order valence-electron chi connectivity index (χ1n) is 8.15. The Labute approximate surface area is 168 Å². The van der Waals surface area contributed by atoms with E-state index in [1.165, 1.54) is 8.78 Å². The number of hydrogen-bond acceptors (Lipinski definition) is 5. The molecule has 24 heavy (non-hydrogen) atoms. The van der Waals surface area contributed by atoms with Gasteiger partial charge in [-0.1, -0.05) is 38.4 Å². The lowest BCUT2D eigenvalue weighted by Gasteiger charge is -2.42. The Hall–Kier alpha value is 0.325. The summed E-state index contributed by atoms with van der Waals surface area (Å²) in [5.41, 5.74) is 5.45. The maximum absolute atomic E-state index is 12.9. The van der Waals surface area contributed by atoms with Gasteiger partial charge in [-0.15, -0.1) is 0 Å². The van der Waals surface area contributed by atoms with Gasteiger partial charge >= 0.3 is 29.6 Å². The van der Waals surface area contributed by atoms with E-state index >= 15 is 0 Å². The number of amides is 3. The second-order valence-electron chi connectivity index (χ2n) is 7.22. The van der Waals surface area contributed by atoms with Crippen LogP contribution in [0.15, 0.2) is 0 Å². The number of ether oxygens (including phenoxy) is 1. The minimum Gasteiger partial charge on any atom is -0.387 e. The maximum Gasteiger partial charge on any atom is 0.556 e. The minimum absolute atomic E-state index is 0.0606. The Balaban J connectivity index is 3.02. The average Bonchev–Trinajstić information content (AvgIpc) is 2.51. The van der Waals surface area contributed by atoms with Gasteiger partial charge in [0.15, 0.2) is 0 Å². The van der Waals surface area contributed by atoms with Gasteiger partial charge in [-0.05, 0) is 13.3 Å². The monoisotopic (exact) mass is 481 g/mol. The summed E-state index contributed by atoms with van der Waals surface area (Å²) in [6.45, 7) is 9.90. The third-order valence-electron chi connectivity index (χ3n) is 4.72. The van der Waals surface area contributed by atoms with Gasteiger partial charge < -0.3 is 19.3 Å². The summed E-state index contributed by atoms with van der Waals surface area (Å²) < 4.78 is 5.96. The van der Waals surface area contributed by atoms with Crippen LogP contribution in [0.3, 0.4) is 0 Å². The van der Waals surface area contributed by atoms with Crippen molar-refractivity contribution < 1.29 is 19.1 Å². The van der Waals surface area contributed by atoms with Gasteiger partial charge in [-0.2, -0.15) is 0 Å². The molecule has 1 aliphatic heterocycles. The number of nitrogens with two attached hydrogens (primary N) is 1. The van der Waals surface area contributed by atoms with Crippen LogP contribution in [0.1, 0.15) is 47.5 Å². The van der Waals surface area contributed by atoms with E-state index < -0.39 is 35.3 Å². The molecule has 2 N–H and O–H groups in total. The number of hydrogen-bond donors (Lipinski definition) is 1. The lowest BCUT2D eigenvalue weighted by molar-refractivity contribution is 0.0102. The summed E-state index contributed by atoms with van der Waals surface area (Å²) in [5, 5.41) is 0. The van der Waals surface area contributed by atoms with Crippen molar-refractivity contribution in [3.8, 4) is 0 Å². The predicted octanol–water partition coefficient (Wildman–Crippen LogP) is 2.62. The number of rotatable bonds is 6. The molecule has 1 rings (SSSR count). The first-order chi connectivity index (χ1) is 11.0. The number of carbonyl (C=O) groups is 3. The Morgan fingerprint density at radius 3 is 2.42 bits per heavy atom. The molecule has 0 aromatic rings. The van der Waals surface area contributed by atoms with E-state index in [4.69, 9.17) is 10.5 Å². The van der Waals surface area contributed by atoms with Crippen LogP contribution in [0, 0.1) is 0 Å². The normalized spacial score (nSPS) is 18.2. The number of nitrogens with zero attached hydrogens (tertiary/aromatic N) is 2. The molecule has 0 unspecified atom stereocenters. The summed E-state index contributed by atoms with van der Waals surface area (Å²) in [7, 11) is 0. The van der Waals surface area contributed by atoms with Crippen LogP contribution in [0.25, 0.3) is 0 Å². The molecule has 0 bridgehead atoms. The third-order valence-corrected chi connectivity index (χ3v) is 11.0. The molecule has 1 saturated heterocycles. The zero-order valence-electron chi connectivity index (χ0n) is 15.1. The van der Waals surface area contributed by atoms with Crippen LogP contribution in [0.4, 0.5) is 14.4 Å². The minimum atomic E-state index is -2.62. The molecule has 0 radical (unpaired) electrons. The molecule has 0 aromatic heterocycles. The third kappa shape index (κ3) is 5.41. The quantitative estimate of drug-likeness (QED) is 0.273. The van der Waals surface area contributed by atoms with E-state index in [0.717, 1.165) is 6.42 Å². The van der Waals surface area contributed by atoms with Crippen molar-refractivity contribution in [2.45, 2.75) is 57.4 Å². The summed E-state index contributed by atoms with van der Waals surface area (Å²) >= 11 is -2.14. The van der Waals surface area contributed by atoms with Crippen molar-refractivity contribution in [2.75, 3.05) is 12.2 Å². The lowest BCUT2D eigenvalue weighted by Crippen LogP contribution is -2.66. The molecular weight excluding hydrogens is 455 g/mol. The van der Waals surface area contributed by atoms with Crippen molar-refractivity contribution in [1.82, 2.24) is 8.78 Å². The Morgan fingerprint density at radius 1 is 1.38 bits per heavy atom. The molecule has 0 aromatic carbocycles. The largest absolute Gasteiger partial charge is 0.556 e. The zero-order valence-corrected chi connectivity index (χ0v) is 19.8. The van der Waals surface area contributed by atoms with Crippen molar-refractivity contribution in [2.24, 2.45) is 5.73 Å². The molecule has 0 aliphatic carbocycles. The topological polar surface area (TPSA) is 92.9 Å². The van der Waals surface area contributed by atoms with E-state index in [9.17, 15) is 14.4 Å². The lowest BCUT2D eigenvalue weighted by atomic mass is 10.1. The number of halogens is 1. The van der Waals surface area contributed by atoms with Gasteiger partial charge in [-0.25, -0.2) is 0 Å². The van der Waals surface area contributed by atoms with Gasteiger partial charge in [0, 0.05) is 28.1 Å². The van der Waals surface area contributed by atoms with Crippen LogP contribution >= 0.6 is 22.6 Å². The van der Waals surface area contributed by atoms with E-state index in [1.54, 1.807) is 29.5 Å². The zero-order chi connectivity index (χ0) is 18.7. The molecular formula is C14H26Al2IN3O4. The molecule has 7 nitrogen and oxygen atoms in total. The van der Waals surface area contributed by atoms with E-state index in [2.05, 4.69) is 13.8 Å². The highest BCUT2D eigenvalue weighted by atomic mass is 127. The highest BCUT2D eigenvalue weighted by molar-refractivity contribution is 14.1. The molecule has 1 atom stereocenters. The van der Waals surface area contributed by atoms with Gasteiger partial charge in [0.25, 0.3) is 3.91 Å². The molecule has 1 heterocycles. The SMILES string of the molecule is CC[C](C)(C)[AlH][N](C(=O)I)[C](=O)[Al]1[CH2]OCN([C@@](C)(N)CC)[C]1=O. The standard InChI is InChI=1S/C7H14N2O2.C5H11.C2INO2.2Al.H/c1-4-7(2,8)9(5-10)6-11-3;1-4-5(2)3;3-2(6)4-1-5;;;/h3-4,6,8H2,1-2H3;4H2,1-3H3;;;;/q;;-1;;+1;/t7-;;;;;/m1...../s1. The summed E-state index contributed by atoms with van der Waals surface area (Å²) in [5.74, 6) is 0. The summed E-state index contributed by atoms with van der Waals surface area (Å²) in [6, 6.07) is 0. The van der Waals surface area contributed by atoms with Crippen LogP contribution in [-0.4, -0.2) is 69.7 Å². The molecule has 1 fully saturated rings. The van der Waals surface area contributed by atoms with Crippen LogP contribution in [-0.2, 0) is 4.74 Å². The fourth-order valence-electron chi connectivity index (χ4n) is 2.31. The second kappa shape index (κ2) is 8.81. The van der Waals surface area contributed by atoms with Crippen LogP contribution < -0.4 is 5.73 Å². The van der Waals surface area contributed by atoms with Gasteiger partial charge in [-0.3, -0.25) is 14.4 Å². The van der Waals surface area contributed by atoms with E-state index in [-0.39, 0.29) is 29.9 Å². The average molecular weight is 481 g/mol. The van der Waals surface area contributed by atoms with Gasteiger partial charge in [0.05, 0.1) is 5.66 Å².